The molecule has 7 heteroatoms. The number of rotatable bonds is 5. The van der Waals surface area contributed by atoms with E-state index in [2.05, 4.69) is 4.72 Å². The zero-order valence-corrected chi connectivity index (χ0v) is 11.0. The van der Waals surface area contributed by atoms with E-state index in [0.29, 0.717) is 25.6 Å². The maximum atomic E-state index is 11.7. The number of amides is 1. The predicted molar refractivity (Wildman–Crippen MR) is 63.5 cm³/mol. The van der Waals surface area contributed by atoms with E-state index < -0.39 is 10.2 Å². The van der Waals surface area contributed by atoms with Crippen molar-refractivity contribution in [2.24, 2.45) is 5.92 Å². The molecule has 0 aromatic carbocycles. The van der Waals surface area contributed by atoms with Crippen LogP contribution in [0.25, 0.3) is 0 Å². The second-order valence-corrected chi connectivity index (χ2v) is 6.95. The Kier molecular flexibility index (Phi) is 3.42. The highest BCUT2D eigenvalue weighted by Gasteiger charge is 2.39. The Bertz CT molecular complexity index is 403. The van der Waals surface area contributed by atoms with Crippen LogP contribution in [-0.2, 0) is 15.0 Å². The largest absolute Gasteiger partial charge is 0.339 e. The molecule has 0 aromatic heterocycles. The van der Waals surface area contributed by atoms with Gasteiger partial charge in [-0.05, 0) is 18.8 Å². The minimum absolute atomic E-state index is 0.109. The van der Waals surface area contributed by atoms with Gasteiger partial charge in [-0.1, -0.05) is 0 Å². The Labute approximate surface area is 102 Å². The highest BCUT2D eigenvalue weighted by Crippen LogP contribution is 2.32. The van der Waals surface area contributed by atoms with Crippen molar-refractivity contribution in [3.63, 3.8) is 0 Å². The smallest absolute Gasteiger partial charge is 0.278 e. The van der Waals surface area contributed by atoms with E-state index in [1.807, 2.05) is 4.90 Å². The Morgan fingerprint density at radius 1 is 1.41 bits per heavy atom. The molecule has 1 amide bonds. The van der Waals surface area contributed by atoms with E-state index in [9.17, 15) is 13.2 Å². The van der Waals surface area contributed by atoms with Gasteiger partial charge in [0.2, 0.25) is 5.91 Å². The lowest BCUT2D eigenvalue weighted by Gasteiger charge is -2.17. The third-order valence-corrected chi connectivity index (χ3v) is 4.75. The molecule has 17 heavy (non-hydrogen) atoms. The molecule has 2 aliphatic rings. The number of carbonyl (C=O) groups is 1. The molecule has 1 atom stereocenters. The van der Waals surface area contributed by atoms with Crippen LogP contribution in [0.1, 0.15) is 19.3 Å². The molecule has 0 spiro atoms. The molecule has 1 saturated carbocycles. The van der Waals surface area contributed by atoms with Crippen molar-refractivity contribution in [3.05, 3.63) is 0 Å². The molecular formula is C10H19N3O3S. The minimum Gasteiger partial charge on any atom is -0.339 e. The Morgan fingerprint density at radius 3 is 2.59 bits per heavy atom. The lowest BCUT2D eigenvalue weighted by molar-refractivity contribution is -0.128. The average Bonchev–Trinajstić information content (AvgIpc) is 3.00. The second kappa shape index (κ2) is 4.55. The summed E-state index contributed by atoms with van der Waals surface area (Å²) in [7, 11) is -0.402. The van der Waals surface area contributed by atoms with Crippen molar-refractivity contribution >= 4 is 16.1 Å². The number of hydrogen-bond acceptors (Lipinski definition) is 3. The van der Waals surface area contributed by atoms with E-state index in [0.717, 1.165) is 17.1 Å². The molecule has 2 fully saturated rings. The summed E-state index contributed by atoms with van der Waals surface area (Å²) in [6, 6.07) is 0.429. The standard InChI is InChI=1S/C10H19N3O3S/c1-12(2)17(15,16)11-6-8-5-10(14)13(7-8)9-3-4-9/h8-9,11H,3-7H2,1-2H3. The van der Waals surface area contributed by atoms with Gasteiger partial charge in [0.1, 0.15) is 0 Å². The van der Waals surface area contributed by atoms with Gasteiger partial charge in [0.15, 0.2) is 0 Å². The average molecular weight is 261 g/mol. The molecular weight excluding hydrogens is 242 g/mol. The molecule has 98 valence electrons. The molecule has 1 saturated heterocycles. The predicted octanol–water partition coefficient (Wildman–Crippen LogP) is -0.607. The number of nitrogens with zero attached hydrogens (tertiary/aromatic N) is 2. The highest BCUT2D eigenvalue weighted by atomic mass is 32.2. The van der Waals surface area contributed by atoms with Crippen LogP contribution in [0, 0.1) is 5.92 Å². The molecule has 1 aliphatic heterocycles. The third kappa shape index (κ3) is 2.97. The highest BCUT2D eigenvalue weighted by molar-refractivity contribution is 7.87. The van der Waals surface area contributed by atoms with Gasteiger partial charge >= 0.3 is 0 Å². The molecule has 0 aromatic rings. The van der Waals surface area contributed by atoms with Crippen LogP contribution in [0.15, 0.2) is 0 Å². The van der Waals surface area contributed by atoms with E-state index in [-0.39, 0.29) is 11.8 Å². The maximum Gasteiger partial charge on any atom is 0.278 e. The van der Waals surface area contributed by atoms with Crippen LogP contribution in [-0.4, -0.2) is 56.8 Å². The molecule has 0 bridgehead atoms. The number of likely N-dealkylation sites (tertiary alicyclic amines) is 1. The summed E-state index contributed by atoms with van der Waals surface area (Å²) in [6.45, 7) is 1.04. The molecule has 0 radical (unpaired) electrons. The van der Waals surface area contributed by atoms with Gasteiger partial charge in [0.25, 0.3) is 10.2 Å². The van der Waals surface area contributed by atoms with Gasteiger partial charge in [-0.3, -0.25) is 4.79 Å². The topological polar surface area (TPSA) is 69.7 Å². The molecule has 1 aliphatic carbocycles. The molecule has 1 unspecified atom stereocenters. The summed E-state index contributed by atoms with van der Waals surface area (Å²) in [5, 5.41) is 0. The molecule has 6 nitrogen and oxygen atoms in total. The monoisotopic (exact) mass is 261 g/mol. The van der Waals surface area contributed by atoms with Crippen molar-refractivity contribution in [2.75, 3.05) is 27.2 Å². The second-order valence-electron chi connectivity index (χ2n) is 4.98. The SMILES string of the molecule is CN(C)S(=O)(=O)NCC1CC(=O)N(C2CC2)C1. The Morgan fingerprint density at radius 2 is 2.06 bits per heavy atom. The number of hydrogen-bond donors (Lipinski definition) is 1. The molecule has 2 rings (SSSR count). The van der Waals surface area contributed by atoms with Gasteiger partial charge < -0.3 is 4.90 Å². The first-order valence-corrected chi connectivity index (χ1v) is 7.31. The van der Waals surface area contributed by atoms with Gasteiger partial charge in [-0.2, -0.15) is 12.7 Å². The van der Waals surface area contributed by atoms with E-state index >= 15 is 0 Å². The lowest BCUT2D eigenvalue weighted by Crippen LogP contribution is -2.39. The van der Waals surface area contributed by atoms with Crippen LogP contribution in [0.2, 0.25) is 0 Å². The number of carbonyl (C=O) groups excluding carboxylic acids is 1. The minimum atomic E-state index is -3.37. The van der Waals surface area contributed by atoms with Crippen molar-refractivity contribution in [2.45, 2.75) is 25.3 Å². The zero-order chi connectivity index (χ0) is 12.6. The molecule has 1 heterocycles. The fourth-order valence-corrected chi connectivity index (χ4v) is 2.74. The fourth-order valence-electron chi connectivity index (χ4n) is 2.04. The van der Waals surface area contributed by atoms with Gasteiger partial charge in [0.05, 0.1) is 0 Å². The first kappa shape index (κ1) is 12.8. The summed E-state index contributed by atoms with van der Waals surface area (Å²) >= 11 is 0. The Hall–Kier alpha value is -0.660. The van der Waals surface area contributed by atoms with Crippen LogP contribution in [0.4, 0.5) is 0 Å². The summed E-state index contributed by atoms with van der Waals surface area (Å²) in [5.41, 5.74) is 0. The third-order valence-electron chi connectivity index (χ3n) is 3.26. The summed E-state index contributed by atoms with van der Waals surface area (Å²) in [6.07, 6.45) is 2.66. The fraction of sp³-hybridized carbons (Fsp3) is 0.900. The van der Waals surface area contributed by atoms with Crippen molar-refractivity contribution < 1.29 is 13.2 Å². The summed E-state index contributed by atoms with van der Waals surface area (Å²) in [5.74, 6) is 0.277. The first-order chi connectivity index (χ1) is 7.90. The van der Waals surface area contributed by atoms with Crippen molar-refractivity contribution in [3.8, 4) is 0 Å². The van der Waals surface area contributed by atoms with E-state index in [1.54, 1.807) is 0 Å². The van der Waals surface area contributed by atoms with Crippen molar-refractivity contribution in [1.29, 1.82) is 0 Å². The van der Waals surface area contributed by atoms with E-state index in [4.69, 9.17) is 0 Å². The normalized spacial score (nSPS) is 25.9. The maximum absolute atomic E-state index is 11.7. The van der Waals surface area contributed by atoms with E-state index in [1.165, 1.54) is 14.1 Å². The van der Waals surface area contributed by atoms with Gasteiger partial charge in [0, 0.05) is 39.6 Å². The van der Waals surface area contributed by atoms with Crippen LogP contribution >= 0.6 is 0 Å². The van der Waals surface area contributed by atoms with Crippen LogP contribution < -0.4 is 4.72 Å². The van der Waals surface area contributed by atoms with Gasteiger partial charge in [-0.25, -0.2) is 4.72 Å². The zero-order valence-electron chi connectivity index (χ0n) is 10.2. The Balaban J connectivity index is 1.83. The molecule has 1 N–H and O–H groups in total. The summed E-state index contributed by atoms with van der Waals surface area (Å²) in [4.78, 5) is 13.6. The van der Waals surface area contributed by atoms with Crippen LogP contribution in [0.3, 0.4) is 0 Å². The summed E-state index contributed by atoms with van der Waals surface area (Å²) < 4.78 is 26.7. The first-order valence-electron chi connectivity index (χ1n) is 5.86. The number of nitrogens with one attached hydrogen (secondary N) is 1. The van der Waals surface area contributed by atoms with Crippen LogP contribution in [0.5, 0.6) is 0 Å². The quantitative estimate of drug-likeness (QED) is 0.718. The van der Waals surface area contributed by atoms with Gasteiger partial charge in [-0.15, -0.1) is 0 Å². The van der Waals surface area contributed by atoms with Crippen molar-refractivity contribution in [1.82, 2.24) is 13.9 Å². The lowest BCUT2D eigenvalue weighted by atomic mass is 10.1.